The molecule has 8 heavy (non-hydrogen) atoms. The van der Waals surface area contributed by atoms with E-state index in [1.54, 1.807) is 0 Å². The topological polar surface area (TPSA) is 6.48 Å². The molecule has 0 aromatic carbocycles. The lowest BCUT2D eigenvalue weighted by Crippen LogP contribution is -2.21. The minimum absolute atomic E-state index is 0.567. The molecule has 0 radical (unpaired) electrons. The molecule has 0 atom stereocenters. The molecule has 0 aliphatic carbocycles. The van der Waals surface area contributed by atoms with Gasteiger partial charge in [-0.05, 0) is 13.1 Å². The molecule has 0 bridgehead atoms. The van der Waals surface area contributed by atoms with Gasteiger partial charge in [0.15, 0.2) is 0 Å². The van der Waals surface area contributed by atoms with Crippen molar-refractivity contribution in [3.63, 3.8) is 0 Å². The van der Waals surface area contributed by atoms with Crippen molar-refractivity contribution in [2.45, 2.75) is 0 Å². The molecule has 0 rings (SSSR count). The number of hydrogen-bond acceptors (Lipinski definition) is 6. The van der Waals surface area contributed by atoms with Gasteiger partial charge in [-0.15, -0.1) is 0 Å². The molecule has 0 fully saturated rings. The van der Waals surface area contributed by atoms with Crippen LogP contribution in [0, 0.1) is 0 Å². The fraction of sp³-hybridized carbons (Fsp3) is 1.00. The largest absolute Gasteiger partial charge is 0.731 e. The van der Waals surface area contributed by atoms with Crippen LogP contribution in [0.3, 0.4) is 0 Å². The Kier molecular flexibility index (Phi) is 5.98. The smallest absolute Gasteiger partial charge is 0.0345 e. The van der Waals surface area contributed by atoms with Crippen molar-refractivity contribution < 1.29 is 0 Å². The molecule has 0 aliphatic rings. The van der Waals surface area contributed by atoms with Crippen molar-refractivity contribution in [3.05, 3.63) is 0 Å². The van der Waals surface area contributed by atoms with E-state index in [-0.39, 0.29) is 0 Å². The molecular weight excluding hydrogens is 180 g/mol. The van der Waals surface area contributed by atoms with Crippen LogP contribution in [-0.4, -0.2) is 20.5 Å². The maximum Gasteiger partial charge on any atom is -0.0345 e. The van der Waals surface area contributed by atoms with Crippen molar-refractivity contribution in [2.24, 2.45) is 0 Å². The zero-order valence-electron chi connectivity index (χ0n) is 3.94. The van der Waals surface area contributed by atoms with Gasteiger partial charge in [0.25, 0.3) is 0 Å². The molecule has 0 heterocycles. The van der Waals surface area contributed by atoms with Crippen molar-refractivity contribution in [3.8, 4) is 0 Å². The minimum Gasteiger partial charge on any atom is -0.731 e. The molecular formula is C2H4N2S4-4. The summed E-state index contributed by atoms with van der Waals surface area (Å²) in [5.41, 5.74) is 0. The highest BCUT2D eigenvalue weighted by atomic mass is 32.2. The maximum atomic E-state index is 4.53. The summed E-state index contributed by atoms with van der Waals surface area (Å²) >= 11 is 18.1. The Morgan fingerprint density at radius 3 is 1.12 bits per heavy atom. The highest BCUT2D eigenvalue weighted by Crippen LogP contribution is 1.80. The molecule has 50 valence electrons. The van der Waals surface area contributed by atoms with Crippen LogP contribution >= 0.6 is 0 Å². The third-order valence-corrected chi connectivity index (χ3v) is 1.20. The van der Waals surface area contributed by atoms with Gasteiger partial charge in [-0.2, -0.15) is 0 Å². The second kappa shape index (κ2) is 5.13. The molecule has 0 N–H and O–H groups in total. The first-order valence-electron chi connectivity index (χ1n) is 1.86. The van der Waals surface area contributed by atoms with Crippen LogP contribution in [0.1, 0.15) is 0 Å². The van der Waals surface area contributed by atoms with Gasteiger partial charge in [-0.1, -0.05) is 0 Å². The van der Waals surface area contributed by atoms with Crippen molar-refractivity contribution in [2.75, 3.05) is 13.1 Å². The van der Waals surface area contributed by atoms with Crippen LogP contribution in [0.4, 0.5) is 0 Å². The van der Waals surface area contributed by atoms with Gasteiger partial charge in [0, 0.05) is 0 Å². The summed E-state index contributed by atoms with van der Waals surface area (Å²) in [6, 6.07) is 0. The van der Waals surface area contributed by atoms with E-state index in [0.29, 0.717) is 13.1 Å². The third kappa shape index (κ3) is 7.32. The van der Waals surface area contributed by atoms with E-state index in [1.807, 2.05) is 0 Å². The van der Waals surface area contributed by atoms with Crippen LogP contribution < -0.4 is 0 Å². The molecule has 0 aliphatic heterocycles. The summed E-state index contributed by atoms with van der Waals surface area (Å²) in [7, 11) is 0. The van der Waals surface area contributed by atoms with Crippen molar-refractivity contribution in [1.29, 1.82) is 0 Å². The first-order chi connectivity index (χ1) is 3.63. The van der Waals surface area contributed by atoms with E-state index in [9.17, 15) is 0 Å². The van der Waals surface area contributed by atoms with E-state index in [1.165, 1.54) is 7.42 Å². The lowest BCUT2D eigenvalue weighted by Gasteiger charge is -2.45. The average molecular weight is 184 g/mol. The summed E-state index contributed by atoms with van der Waals surface area (Å²) in [5, 5.41) is 0. The SMILES string of the molecule is [S-]N([S-])CCN([S-])[S-]. The highest BCUT2D eigenvalue weighted by molar-refractivity contribution is 7.72. The first-order valence-corrected chi connectivity index (χ1v) is 3.32. The Labute approximate surface area is 71.8 Å². The van der Waals surface area contributed by atoms with Crippen molar-refractivity contribution in [1.82, 2.24) is 7.42 Å². The molecule has 0 saturated carbocycles. The molecule has 0 aromatic heterocycles. The quantitative estimate of drug-likeness (QED) is 0.539. The Balaban J connectivity index is 2.93. The molecule has 0 aromatic rings. The molecule has 0 amide bonds. The van der Waals surface area contributed by atoms with E-state index in [0.717, 1.165) is 0 Å². The van der Waals surface area contributed by atoms with Gasteiger partial charge in [-0.3, -0.25) is 0 Å². The summed E-state index contributed by atoms with van der Waals surface area (Å²) in [6.45, 7) is 1.13. The normalized spacial score (nSPS) is 11.2. The molecule has 0 saturated heterocycles. The fourth-order valence-corrected chi connectivity index (χ4v) is 0.490. The van der Waals surface area contributed by atoms with Crippen LogP contribution in [0.15, 0.2) is 0 Å². The molecule has 0 spiro atoms. The first kappa shape index (κ1) is 9.32. The van der Waals surface area contributed by atoms with E-state index in [2.05, 4.69) is 51.3 Å². The third-order valence-electron chi connectivity index (χ3n) is 0.465. The van der Waals surface area contributed by atoms with E-state index in [4.69, 9.17) is 0 Å². The molecule has 6 heteroatoms. The predicted octanol–water partition coefficient (Wildman–Crippen LogP) is -0.562. The van der Waals surface area contributed by atoms with Crippen LogP contribution in [0.5, 0.6) is 0 Å². The van der Waals surface area contributed by atoms with E-state index >= 15 is 0 Å². The monoisotopic (exact) mass is 184 g/mol. The predicted molar refractivity (Wildman–Crippen MR) is 42.9 cm³/mol. The van der Waals surface area contributed by atoms with Gasteiger partial charge in [0.05, 0.1) is 0 Å². The van der Waals surface area contributed by atoms with Crippen LogP contribution in [0.25, 0.3) is 0 Å². The fourth-order valence-electron chi connectivity index (χ4n) is 0.163. The number of nitrogens with zero attached hydrogens (tertiary/aromatic N) is 2. The lowest BCUT2D eigenvalue weighted by molar-refractivity contribution is 0.642. The maximum absolute atomic E-state index is 4.53. The summed E-state index contributed by atoms with van der Waals surface area (Å²) in [5.74, 6) is 0. The standard InChI is InChI=1S/C2H4N2S4/c5-3(6)1-2-4(7)8/h1-2H2/q-4. The van der Waals surface area contributed by atoms with Gasteiger partial charge in [0.1, 0.15) is 0 Å². The Morgan fingerprint density at radius 2 is 1.00 bits per heavy atom. The molecule has 0 unspecified atom stereocenters. The van der Waals surface area contributed by atoms with Gasteiger partial charge in [0.2, 0.25) is 0 Å². The summed E-state index contributed by atoms with van der Waals surface area (Å²) in [4.78, 5) is 0. The zero-order valence-corrected chi connectivity index (χ0v) is 7.21. The van der Waals surface area contributed by atoms with Crippen LogP contribution in [0.2, 0.25) is 0 Å². The Bertz CT molecular complexity index is 48.0. The highest BCUT2D eigenvalue weighted by Gasteiger charge is 1.67. The number of hydrogen-bond donors (Lipinski definition) is 0. The second-order valence-corrected chi connectivity index (χ2v) is 3.34. The Morgan fingerprint density at radius 1 is 0.750 bits per heavy atom. The van der Waals surface area contributed by atoms with E-state index < -0.39 is 0 Å². The van der Waals surface area contributed by atoms with Gasteiger partial charge in [-0.25, -0.2) is 0 Å². The van der Waals surface area contributed by atoms with Gasteiger partial charge >= 0.3 is 0 Å². The Hall–Kier alpha value is 1.32. The summed E-state index contributed by atoms with van der Waals surface area (Å²) < 4.78 is 2.43. The van der Waals surface area contributed by atoms with Gasteiger partial charge < -0.3 is 58.7 Å². The number of rotatable bonds is 3. The minimum atomic E-state index is 0.567. The average Bonchev–Trinajstić information content (AvgIpc) is 1.61. The summed E-state index contributed by atoms with van der Waals surface area (Å²) in [6.07, 6.45) is 0. The van der Waals surface area contributed by atoms with Crippen LogP contribution in [-0.2, 0) is 51.3 Å². The zero-order chi connectivity index (χ0) is 6.57. The van der Waals surface area contributed by atoms with Crippen molar-refractivity contribution >= 4 is 51.3 Å². The molecule has 2 nitrogen and oxygen atoms in total. The second-order valence-electron chi connectivity index (χ2n) is 1.11. The lowest BCUT2D eigenvalue weighted by atomic mass is 10.7.